The Balaban J connectivity index is 4.59. The molecule has 0 rings (SSSR count). The van der Waals surface area contributed by atoms with Crippen LogP contribution in [0.4, 0.5) is 0 Å². The zero-order valence-electron chi connectivity index (χ0n) is 42.7. The molecule has 0 saturated carbocycles. The van der Waals surface area contributed by atoms with Crippen LogP contribution < -0.4 is 0 Å². The van der Waals surface area contributed by atoms with Gasteiger partial charge in [-0.3, -0.25) is 14.4 Å². The lowest BCUT2D eigenvalue weighted by Gasteiger charge is -2.18. The summed E-state index contributed by atoms with van der Waals surface area (Å²) in [5.74, 6) is -1.06. The van der Waals surface area contributed by atoms with E-state index >= 15 is 0 Å². The van der Waals surface area contributed by atoms with Crippen LogP contribution in [0.5, 0.6) is 0 Å². The average Bonchev–Trinajstić information content (AvgIpc) is 3.31. The summed E-state index contributed by atoms with van der Waals surface area (Å²) in [4.78, 5) is 38.0. The number of esters is 3. The van der Waals surface area contributed by atoms with Crippen LogP contribution in [0.3, 0.4) is 0 Å². The largest absolute Gasteiger partial charge is 0.462 e. The quantitative estimate of drug-likeness (QED) is 0.0262. The molecule has 0 amide bonds. The SMILES string of the molecule is CC/C=C\C/C=C\C/C=C\C/C=C\C/C=C\CCCC(=O)OCC(COC(=O)CCCCC/C=C\CCCCCCCCC)OC(=O)CCC/C=C\C/C=C\C/C=C\CCCCCCCC. The lowest BCUT2D eigenvalue weighted by molar-refractivity contribution is -0.167. The first-order valence-corrected chi connectivity index (χ1v) is 26.9. The van der Waals surface area contributed by atoms with E-state index < -0.39 is 6.10 Å². The zero-order chi connectivity index (χ0) is 47.9. The van der Waals surface area contributed by atoms with Crippen molar-refractivity contribution in [1.82, 2.24) is 0 Å². The molecular weight excluding hydrogens is 817 g/mol. The fourth-order valence-electron chi connectivity index (χ4n) is 6.96. The van der Waals surface area contributed by atoms with Gasteiger partial charge in [-0.25, -0.2) is 0 Å². The maximum absolute atomic E-state index is 12.8. The maximum Gasteiger partial charge on any atom is 0.306 e. The van der Waals surface area contributed by atoms with Crippen LogP contribution in [0.15, 0.2) is 109 Å². The summed E-state index contributed by atoms with van der Waals surface area (Å²) in [6, 6.07) is 0. The second-order valence-electron chi connectivity index (χ2n) is 17.4. The minimum Gasteiger partial charge on any atom is -0.462 e. The standard InChI is InChI=1S/C60H98O6/c1-4-7-10-13-16-19-22-25-28-30-32-35-38-41-44-47-50-53-59(62)65-56-57(55-64-58(61)52-49-46-43-40-37-34-27-24-21-18-15-12-9-6-3)66-60(63)54-51-48-45-42-39-36-33-31-29-26-23-20-17-14-11-8-5-2/h7,10,16,19,25-26,28-29,32-37,41-42,44-45,57H,4-6,8-9,11-15,17-18,20-24,27,30-31,38-40,43,46-56H2,1-3H3/b10-7-,19-16-,28-25-,29-26-,35-32-,36-33-,37-34-,44-41-,45-42-. The highest BCUT2D eigenvalue weighted by molar-refractivity contribution is 5.71. The number of allylic oxidation sites excluding steroid dienone is 18. The lowest BCUT2D eigenvalue weighted by Crippen LogP contribution is -2.30. The highest BCUT2D eigenvalue weighted by Crippen LogP contribution is 2.12. The summed E-state index contributed by atoms with van der Waals surface area (Å²) in [7, 11) is 0. The van der Waals surface area contributed by atoms with Crippen molar-refractivity contribution in [2.75, 3.05) is 13.2 Å². The molecule has 0 aromatic heterocycles. The van der Waals surface area contributed by atoms with Crippen LogP contribution in [0.2, 0.25) is 0 Å². The molecule has 0 bridgehead atoms. The number of hydrogen-bond acceptors (Lipinski definition) is 6. The molecule has 0 aliphatic heterocycles. The summed E-state index contributed by atoms with van der Waals surface area (Å²) in [6.07, 6.45) is 72.3. The molecule has 1 unspecified atom stereocenters. The van der Waals surface area contributed by atoms with Gasteiger partial charge in [0.05, 0.1) is 0 Å². The molecule has 66 heavy (non-hydrogen) atoms. The van der Waals surface area contributed by atoms with Crippen molar-refractivity contribution in [3.8, 4) is 0 Å². The first kappa shape index (κ1) is 62.1. The summed E-state index contributed by atoms with van der Waals surface area (Å²) in [6.45, 7) is 6.40. The van der Waals surface area contributed by atoms with Crippen molar-refractivity contribution < 1.29 is 28.6 Å². The van der Waals surface area contributed by atoms with Gasteiger partial charge in [0.2, 0.25) is 0 Å². The van der Waals surface area contributed by atoms with Gasteiger partial charge in [-0.1, -0.05) is 207 Å². The van der Waals surface area contributed by atoms with Crippen molar-refractivity contribution in [3.05, 3.63) is 109 Å². The smallest absolute Gasteiger partial charge is 0.306 e. The second-order valence-corrected chi connectivity index (χ2v) is 17.4. The highest BCUT2D eigenvalue weighted by Gasteiger charge is 2.19. The molecule has 6 nitrogen and oxygen atoms in total. The topological polar surface area (TPSA) is 78.9 Å². The molecule has 0 aliphatic carbocycles. The third-order valence-corrected chi connectivity index (χ3v) is 11.0. The van der Waals surface area contributed by atoms with Crippen molar-refractivity contribution in [2.45, 2.75) is 239 Å². The molecule has 374 valence electrons. The predicted octanol–water partition coefficient (Wildman–Crippen LogP) is 17.9. The summed E-state index contributed by atoms with van der Waals surface area (Å²) >= 11 is 0. The van der Waals surface area contributed by atoms with Gasteiger partial charge in [-0.15, -0.1) is 0 Å². The normalized spacial score (nSPS) is 13.0. The average molecular weight is 915 g/mol. The number of rotatable bonds is 47. The van der Waals surface area contributed by atoms with Crippen LogP contribution in [-0.4, -0.2) is 37.2 Å². The Hall–Kier alpha value is -3.93. The Morgan fingerprint density at radius 2 is 0.606 bits per heavy atom. The van der Waals surface area contributed by atoms with E-state index in [2.05, 4.69) is 130 Å². The van der Waals surface area contributed by atoms with Gasteiger partial charge >= 0.3 is 17.9 Å². The van der Waals surface area contributed by atoms with E-state index in [0.29, 0.717) is 19.3 Å². The van der Waals surface area contributed by atoms with Gasteiger partial charge in [0.1, 0.15) is 13.2 Å². The Kier molecular flexibility index (Phi) is 50.5. The first-order chi connectivity index (χ1) is 32.5. The number of ether oxygens (including phenoxy) is 3. The molecule has 0 aliphatic rings. The number of carbonyl (C=O) groups excluding carboxylic acids is 3. The summed E-state index contributed by atoms with van der Waals surface area (Å²) < 4.78 is 16.7. The number of hydrogen-bond donors (Lipinski definition) is 0. The van der Waals surface area contributed by atoms with E-state index in [-0.39, 0.29) is 44.0 Å². The van der Waals surface area contributed by atoms with Crippen molar-refractivity contribution >= 4 is 17.9 Å². The zero-order valence-corrected chi connectivity index (χ0v) is 42.7. The number of unbranched alkanes of at least 4 members (excludes halogenated alkanes) is 18. The molecule has 1 atom stereocenters. The van der Waals surface area contributed by atoms with Gasteiger partial charge in [0.25, 0.3) is 0 Å². The molecule has 0 aromatic rings. The van der Waals surface area contributed by atoms with Crippen LogP contribution in [0.25, 0.3) is 0 Å². The summed E-state index contributed by atoms with van der Waals surface area (Å²) in [5.41, 5.74) is 0. The van der Waals surface area contributed by atoms with Crippen LogP contribution >= 0.6 is 0 Å². The van der Waals surface area contributed by atoms with Crippen molar-refractivity contribution in [3.63, 3.8) is 0 Å². The van der Waals surface area contributed by atoms with E-state index in [0.717, 1.165) is 89.9 Å². The monoisotopic (exact) mass is 915 g/mol. The molecule has 0 heterocycles. The Labute approximate surface area is 406 Å². The van der Waals surface area contributed by atoms with Crippen LogP contribution in [0.1, 0.15) is 233 Å². The number of carbonyl (C=O) groups is 3. The maximum atomic E-state index is 12.8. The Morgan fingerprint density at radius 1 is 0.318 bits per heavy atom. The molecule has 6 heteroatoms. The Morgan fingerprint density at radius 3 is 1.00 bits per heavy atom. The molecule has 0 aromatic carbocycles. The molecule has 0 saturated heterocycles. The minimum atomic E-state index is -0.835. The molecular formula is C60H98O6. The fourth-order valence-corrected chi connectivity index (χ4v) is 6.96. The summed E-state index contributed by atoms with van der Waals surface area (Å²) in [5, 5.41) is 0. The van der Waals surface area contributed by atoms with E-state index in [1.54, 1.807) is 0 Å². The van der Waals surface area contributed by atoms with E-state index in [1.807, 2.05) is 0 Å². The van der Waals surface area contributed by atoms with Crippen molar-refractivity contribution in [2.24, 2.45) is 0 Å². The van der Waals surface area contributed by atoms with Crippen LogP contribution in [0, 0.1) is 0 Å². The minimum absolute atomic E-state index is 0.125. The predicted molar refractivity (Wildman–Crippen MR) is 283 cm³/mol. The third-order valence-electron chi connectivity index (χ3n) is 11.0. The highest BCUT2D eigenvalue weighted by atomic mass is 16.6. The molecule has 0 spiro atoms. The Bertz CT molecular complexity index is 1370. The lowest BCUT2D eigenvalue weighted by atomic mass is 10.1. The van der Waals surface area contributed by atoms with Gasteiger partial charge in [-0.2, -0.15) is 0 Å². The third kappa shape index (κ3) is 51.1. The van der Waals surface area contributed by atoms with Crippen LogP contribution in [-0.2, 0) is 28.6 Å². The second kappa shape index (κ2) is 53.7. The van der Waals surface area contributed by atoms with Gasteiger partial charge in [-0.05, 0) is 116 Å². The van der Waals surface area contributed by atoms with Crippen molar-refractivity contribution in [1.29, 1.82) is 0 Å². The van der Waals surface area contributed by atoms with E-state index in [4.69, 9.17) is 14.2 Å². The molecule has 0 radical (unpaired) electrons. The first-order valence-electron chi connectivity index (χ1n) is 26.9. The molecule has 0 fully saturated rings. The van der Waals surface area contributed by atoms with E-state index in [9.17, 15) is 14.4 Å². The fraction of sp³-hybridized carbons (Fsp3) is 0.650. The van der Waals surface area contributed by atoms with Gasteiger partial charge in [0.15, 0.2) is 6.10 Å². The van der Waals surface area contributed by atoms with Gasteiger partial charge < -0.3 is 14.2 Å². The van der Waals surface area contributed by atoms with E-state index in [1.165, 1.54) is 89.9 Å². The van der Waals surface area contributed by atoms with Gasteiger partial charge in [0, 0.05) is 19.3 Å². The molecule has 0 N–H and O–H groups in total.